The minimum Gasteiger partial charge on any atom is -0.367 e. The lowest BCUT2D eigenvalue weighted by Crippen LogP contribution is -2.19. The van der Waals surface area contributed by atoms with Gasteiger partial charge in [-0.3, -0.25) is 4.79 Å². The van der Waals surface area contributed by atoms with E-state index in [0.29, 0.717) is 15.7 Å². The predicted molar refractivity (Wildman–Crippen MR) is 74.3 cm³/mol. The van der Waals surface area contributed by atoms with Crippen molar-refractivity contribution in [3.8, 4) is 0 Å². The Morgan fingerprint density at radius 2 is 2.16 bits per heavy atom. The molecule has 0 bridgehead atoms. The SMILES string of the molecule is Cc1cc(Cl)c(NC(=O)Cn2cnc(N)n2)cc1Cl. The fourth-order valence-corrected chi connectivity index (χ4v) is 1.89. The maximum atomic E-state index is 11.8. The molecule has 100 valence electrons. The Morgan fingerprint density at radius 3 is 2.79 bits per heavy atom. The molecule has 0 radical (unpaired) electrons. The van der Waals surface area contributed by atoms with Crippen molar-refractivity contribution in [2.24, 2.45) is 0 Å². The van der Waals surface area contributed by atoms with E-state index in [1.54, 1.807) is 12.1 Å². The second kappa shape index (κ2) is 5.46. The van der Waals surface area contributed by atoms with Crippen molar-refractivity contribution in [1.29, 1.82) is 0 Å². The van der Waals surface area contributed by atoms with Crippen molar-refractivity contribution in [3.05, 3.63) is 34.1 Å². The van der Waals surface area contributed by atoms with Gasteiger partial charge in [0.1, 0.15) is 12.9 Å². The van der Waals surface area contributed by atoms with E-state index in [0.717, 1.165) is 5.56 Å². The third-order valence-electron chi connectivity index (χ3n) is 2.38. The maximum Gasteiger partial charge on any atom is 0.246 e. The Morgan fingerprint density at radius 1 is 1.42 bits per heavy atom. The number of amides is 1. The number of hydrogen-bond donors (Lipinski definition) is 2. The monoisotopic (exact) mass is 299 g/mol. The highest BCUT2D eigenvalue weighted by molar-refractivity contribution is 6.36. The second-order valence-corrected chi connectivity index (χ2v) is 4.74. The first-order valence-electron chi connectivity index (χ1n) is 5.36. The number of halogens is 2. The molecule has 1 aromatic carbocycles. The predicted octanol–water partition coefficient (Wildman–Crippen LogP) is 2.11. The van der Waals surface area contributed by atoms with E-state index in [4.69, 9.17) is 28.9 Å². The van der Waals surface area contributed by atoms with E-state index >= 15 is 0 Å². The normalized spacial score (nSPS) is 10.5. The highest BCUT2D eigenvalue weighted by Gasteiger charge is 2.09. The summed E-state index contributed by atoms with van der Waals surface area (Å²) in [4.78, 5) is 15.5. The van der Waals surface area contributed by atoms with Crippen LogP contribution in [0.1, 0.15) is 5.56 Å². The first kappa shape index (κ1) is 13.6. The van der Waals surface area contributed by atoms with Crippen molar-refractivity contribution in [1.82, 2.24) is 14.8 Å². The molecule has 2 rings (SSSR count). The largest absolute Gasteiger partial charge is 0.367 e. The summed E-state index contributed by atoms with van der Waals surface area (Å²) < 4.78 is 1.33. The standard InChI is InChI=1S/C11H11Cl2N5O/c1-6-2-8(13)9(3-7(6)12)16-10(19)4-18-5-15-11(14)17-18/h2-3,5H,4H2,1H3,(H2,14,17)(H,16,19). The molecule has 0 atom stereocenters. The Hall–Kier alpha value is -1.79. The van der Waals surface area contributed by atoms with Crippen LogP contribution in [-0.4, -0.2) is 20.7 Å². The third-order valence-corrected chi connectivity index (χ3v) is 3.10. The average molecular weight is 300 g/mol. The summed E-state index contributed by atoms with van der Waals surface area (Å²) in [6.07, 6.45) is 1.37. The second-order valence-electron chi connectivity index (χ2n) is 3.93. The van der Waals surface area contributed by atoms with E-state index < -0.39 is 0 Å². The van der Waals surface area contributed by atoms with Crippen LogP contribution in [0.4, 0.5) is 11.6 Å². The Balaban J connectivity index is 2.09. The molecule has 0 aliphatic heterocycles. The number of anilines is 2. The van der Waals surface area contributed by atoms with E-state index in [9.17, 15) is 4.79 Å². The molecule has 8 heteroatoms. The van der Waals surface area contributed by atoms with Crippen molar-refractivity contribution in [3.63, 3.8) is 0 Å². The fraction of sp³-hybridized carbons (Fsp3) is 0.182. The van der Waals surface area contributed by atoms with Crippen LogP contribution in [0.5, 0.6) is 0 Å². The Bertz CT molecular complexity index is 626. The number of nitrogens with zero attached hydrogens (tertiary/aromatic N) is 3. The van der Waals surface area contributed by atoms with Gasteiger partial charge in [-0.15, -0.1) is 5.10 Å². The van der Waals surface area contributed by atoms with Crippen LogP contribution in [0.3, 0.4) is 0 Å². The summed E-state index contributed by atoms with van der Waals surface area (Å²) in [5.41, 5.74) is 6.65. The lowest BCUT2D eigenvalue weighted by atomic mass is 10.2. The highest BCUT2D eigenvalue weighted by atomic mass is 35.5. The smallest absolute Gasteiger partial charge is 0.246 e. The number of nitrogen functional groups attached to an aromatic ring is 1. The molecule has 0 spiro atoms. The van der Waals surface area contributed by atoms with Crippen LogP contribution in [0, 0.1) is 6.92 Å². The van der Waals surface area contributed by atoms with E-state index in [2.05, 4.69) is 15.4 Å². The van der Waals surface area contributed by atoms with Crippen LogP contribution < -0.4 is 11.1 Å². The molecule has 0 saturated carbocycles. The number of nitrogens with one attached hydrogen (secondary N) is 1. The van der Waals surface area contributed by atoms with Gasteiger partial charge in [-0.05, 0) is 24.6 Å². The summed E-state index contributed by atoms with van der Waals surface area (Å²) >= 11 is 12.0. The molecular weight excluding hydrogens is 289 g/mol. The fourth-order valence-electron chi connectivity index (χ4n) is 1.46. The first-order chi connectivity index (χ1) is 8.95. The minimum atomic E-state index is -0.299. The van der Waals surface area contributed by atoms with Crippen LogP contribution in [0.25, 0.3) is 0 Å². The molecule has 6 nitrogen and oxygen atoms in total. The molecule has 2 aromatic rings. The summed E-state index contributed by atoms with van der Waals surface area (Å²) in [5.74, 6) is -0.184. The Kier molecular flexibility index (Phi) is 3.92. The molecule has 0 fully saturated rings. The number of aryl methyl sites for hydroxylation is 1. The van der Waals surface area contributed by atoms with Gasteiger partial charge in [0, 0.05) is 5.02 Å². The molecule has 0 saturated heterocycles. The number of rotatable bonds is 3. The van der Waals surface area contributed by atoms with Gasteiger partial charge in [-0.25, -0.2) is 9.67 Å². The van der Waals surface area contributed by atoms with Crippen LogP contribution in [-0.2, 0) is 11.3 Å². The van der Waals surface area contributed by atoms with Gasteiger partial charge in [0.15, 0.2) is 0 Å². The molecular formula is C11H11Cl2N5O. The lowest BCUT2D eigenvalue weighted by molar-refractivity contribution is -0.116. The number of carbonyl (C=O) groups is 1. The first-order valence-corrected chi connectivity index (χ1v) is 6.11. The number of benzene rings is 1. The van der Waals surface area contributed by atoms with Crippen molar-refractivity contribution < 1.29 is 4.79 Å². The zero-order valence-electron chi connectivity index (χ0n) is 10.0. The summed E-state index contributed by atoms with van der Waals surface area (Å²) in [6, 6.07) is 3.29. The number of nitrogens with two attached hydrogens (primary N) is 1. The molecule has 1 heterocycles. The summed E-state index contributed by atoms with van der Waals surface area (Å²) in [6.45, 7) is 1.82. The van der Waals surface area contributed by atoms with Gasteiger partial charge in [0.05, 0.1) is 10.7 Å². The average Bonchev–Trinajstić information content (AvgIpc) is 2.71. The minimum absolute atomic E-state index is 0.00791. The number of carbonyl (C=O) groups excluding carboxylic acids is 1. The quantitative estimate of drug-likeness (QED) is 0.909. The van der Waals surface area contributed by atoms with Crippen LogP contribution >= 0.6 is 23.2 Å². The molecule has 0 unspecified atom stereocenters. The van der Waals surface area contributed by atoms with Crippen molar-refractivity contribution >= 4 is 40.7 Å². The molecule has 3 N–H and O–H groups in total. The molecule has 1 aromatic heterocycles. The summed E-state index contributed by atoms with van der Waals surface area (Å²) in [7, 11) is 0. The maximum absolute atomic E-state index is 11.8. The third kappa shape index (κ3) is 3.36. The zero-order chi connectivity index (χ0) is 14.0. The van der Waals surface area contributed by atoms with E-state index in [1.165, 1.54) is 11.0 Å². The molecule has 19 heavy (non-hydrogen) atoms. The lowest BCUT2D eigenvalue weighted by Gasteiger charge is -2.09. The van der Waals surface area contributed by atoms with E-state index in [-0.39, 0.29) is 18.4 Å². The number of hydrogen-bond acceptors (Lipinski definition) is 4. The van der Waals surface area contributed by atoms with Crippen molar-refractivity contribution in [2.75, 3.05) is 11.1 Å². The molecule has 0 aliphatic carbocycles. The van der Waals surface area contributed by atoms with Crippen LogP contribution in [0.2, 0.25) is 10.0 Å². The highest BCUT2D eigenvalue weighted by Crippen LogP contribution is 2.28. The summed E-state index contributed by atoms with van der Waals surface area (Å²) in [5, 5.41) is 7.42. The van der Waals surface area contributed by atoms with Gasteiger partial charge >= 0.3 is 0 Å². The van der Waals surface area contributed by atoms with E-state index in [1.807, 2.05) is 6.92 Å². The Labute approximate surface area is 119 Å². The van der Waals surface area contributed by atoms with Gasteiger partial charge < -0.3 is 11.1 Å². The van der Waals surface area contributed by atoms with Gasteiger partial charge in [0.25, 0.3) is 0 Å². The van der Waals surface area contributed by atoms with Gasteiger partial charge in [-0.1, -0.05) is 23.2 Å². The van der Waals surface area contributed by atoms with Gasteiger partial charge in [0.2, 0.25) is 11.9 Å². The molecule has 1 amide bonds. The number of aromatic nitrogens is 3. The zero-order valence-corrected chi connectivity index (χ0v) is 11.5. The van der Waals surface area contributed by atoms with Crippen molar-refractivity contribution in [2.45, 2.75) is 13.5 Å². The molecule has 0 aliphatic rings. The van der Waals surface area contributed by atoms with Gasteiger partial charge in [-0.2, -0.15) is 0 Å². The van der Waals surface area contributed by atoms with Crippen LogP contribution in [0.15, 0.2) is 18.5 Å². The topological polar surface area (TPSA) is 85.8 Å².